The Morgan fingerprint density at radius 1 is 1.33 bits per heavy atom. The van der Waals surface area contributed by atoms with E-state index in [1.165, 1.54) is 0 Å². The molecule has 0 radical (unpaired) electrons. The highest BCUT2D eigenvalue weighted by Crippen LogP contribution is 2.14. The maximum atomic E-state index is 12.0. The molecule has 0 unspecified atom stereocenters. The van der Waals surface area contributed by atoms with Crippen LogP contribution in [-0.4, -0.2) is 37.5 Å². The molecule has 0 aromatic heterocycles. The van der Waals surface area contributed by atoms with Gasteiger partial charge in [0.15, 0.2) is 0 Å². The fourth-order valence-corrected chi connectivity index (χ4v) is 1.78. The van der Waals surface area contributed by atoms with E-state index in [9.17, 15) is 4.79 Å². The molecular weight excluding hydrogens is 226 g/mol. The van der Waals surface area contributed by atoms with Gasteiger partial charge in [-0.05, 0) is 32.0 Å². The predicted molar refractivity (Wildman–Crippen MR) is 72.4 cm³/mol. The molecule has 1 aromatic rings. The summed E-state index contributed by atoms with van der Waals surface area (Å²) < 4.78 is 0. The van der Waals surface area contributed by atoms with Crippen molar-refractivity contribution in [2.24, 2.45) is 0 Å². The second-order valence-corrected chi connectivity index (χ2v) is 4.08. The zero-order valence-electron chi connectivity index (χ0n) is 11.2. The summed E-state index contributed by atoms with van der Waals surface area (Å²) in [6.45, 7) is 5.72. The van der Waals surface area contributed by atoms with E-state index in [0.717, 1.165) is 18.8 Å². The van der Waals surface area contributed by atoms with E-state index in [4.69, 9.17) is 5.26 Å². The zero-order chi connectivity index (χ0) is 13.5. The van der Waals surface area contributed by atoms with Gasteiger partial charge in [-0.2, -0.15) is 5.26 Å². The van der Waals surface area contributed by atoms with E-state index in [1.807, 2.05) is 37.9 Å². The van der Waals surface area contributed by atoms with Crippen molar-refractivity contribution in [3.05, 3.63) is 29.8 Å². The van der Waals surface area contributed by atoms with Gasteiger partial charge < -0.3 is 9.80 Å². The van der Waals surface area contributed by atoms with E-state index >= 15 is 0 Å². The summed E-state index contributed by atoms with van der Waals surface area (Å²) >= 11 is 0. The second-order valence-electron chi connectivity index (χ2n) is 4.08. The first-order chi connectivity index (χ1) is 8.62. The molecule has 18 heavy (non-hydrogen) atoms. The third-order valence-corrected chi connectivity index (χ3v) is 2.90. The molecule has 1 rings (SSSR count). The Morgan fingerprint density at radius 2 is 2.00 bits per heavy atom. The van der Waals surface area contributed by atoms with E-state index in [0.29, 0.717) is 12.1 Å². The van der Waals surface area contributed by atoms with Gasteiger partial charge in [-0.25, -0.2) is 0 Å². The number of amides is 1. The third-order valence-electron chi connectivity index (χ3n) is 2.90. The van der Waals surface area contributed by atoms with Crippen LogP contribution in [-0.2, 0) is 4.79 Å². The van der Waals surface area contributed by atoms with Crippen molar-refractivity contribution in [3.8, 4) is 6.07 Å². The van der Waals surface area contributed by atoms with Crippen molar-refractivity contribution in [2.75, 3.05) is 31.6 Å². The lowest BCUT2D eigenvalue weighted by atomic mass is 10.2. The zero-order valence-corrected chi connectivity index (χ0v) is 11.2. The molecule has 0 aliphatic heterocycles. The summed E-state index contributed by atoms with van der Waals surface area (Å²) in [7, 11) is 1.86. The number of benzene rings is 1. The first-order valence-electron chi connectivity index (χ1n) is 6.11. The highest BCUT2D eigenvalue weighted by molar-refractivity contribution is 5.81. The number of hydrogen-bond acceptors (Lipinski definition) is 3. The van der Waals surface area contributed by atoms with Crippen molar-refractivity contribution in [2.45, 2.75) is 13.8 Å². The summed E-state index contributed by atoms with van der Waals surface area (Å²) in [6.07, 6.45) is 0. The summed E-state index contributed by atoms with van der Waals surface area (Å²) in [4.78, 5) is 15.6. The van der Waals surface area contributed by atoms with Crippen LogP contribution in [0, 0.1) is 11.3 Å². The second kappa shape index (κ2) is 6.65. The molecule has 0 aliphatic rings. The number of rotatable bonds is 5. The standard InChI is InChI=1S/C14H19N3O/c1-4-17(5-2)14(18)11-16(3)13-8-6-7-12(9-13)10-15/h6-9H,4-5,11H2,1-3H3. The Balaban J connectivity index is 2.73. The smallest absolute Gasteiger partial charge is 0.242 e. The Labute approximate surface area is 108 Å². The van der Waals surface area contributed by atoms with Crippen LogP contribution in [0.4, 0.5) is 5.69 Å². The Kier molecular flexibility index (Phi) is 5.19. The van der Waals surface area contributed by atoms with Gasteiger partial charge in [0.25, 0.3) is 0 Å². The van der Waals surface area contributed by atoms with Gasteiger partial charge in [-0.15, -0.1) is 0 Å². The fraction of sp³-hybridized carbons (Fsp3) is 0.429. The van der Waals surface area contributed by atoms with Crippen LogP contribution in [0.1, 0.15) is 19.4 Å². The highest BCUT2D eigenvalue weighted by Gasteiger charge is 2.12. The van der Waals surface area contributed by atoms with Gasteiger partial charge in [0.2, 0.25) is 5.91 Å². The number of carbonyl (C=O) groups excluding carboxylic acids is 1. The van der Waals surface area contributed by atoms with Crippen LogP contribution in [0.15, 0.2) is 24.3 Å². The highest BCUT2D eigenvalue weighted by atomic mass is 16.2. The molecule has 0 atom stereocenters. The van der Waals surface area contributed by atoms with Gasteiger partial charge in [0, 0.05) is 25.8 Å². The van der Waals surface area contributed by atoms with Gasteiger partial charge in [0.05, 0.1) is 18.2 Å². The summed E-state index contributed by atoms with van der Waals surface area (Å²) in [6, 6.07) is 9.36. The van der Waals surface area contributed by atoms with Gasteiger partial charge in [-0.3, -0.25) is 4.79 Å². The van der Waals surface area contributed by atoms with Crippen molar-refractivity contribution >= 4 is 11.6 Å². The number of carbonyl (C=O) groups is 1. The monoisotopic (exact) mass is 245 g/mol. The first-order valence-corrected chi connectivity index (χ1v) is 6.11. The fourth-order valence-electron chi connectivity index (χ4n) is 1.78. The average molecular weight is 245 g/mol. The summed E-state index contributed by atoms with van der Waals surface area (Å²) in [5.74, 6) is 0.102. The quantitative estimate of drug-likeness (QED) is 0.795. The summed E-state index contributed by atoms with van der Waals surface area (Å²) in [5.41, 5.74) is 1.49. The van der Waals surface area contributed by atoms with Crippen molar-refractivity contribution in [1.82, 2.24) is 4.90 Å². The number of nitrogens with zero attached hydrogens (tertiary/aromatic N) is 3. The van der Waals surface area contributed by atoms with Crippen molar-refractivity contribution < 1.29 is 4.79 Å². The molecule has 0 N–H and O–H groups in total. The SMILES string of the molecule is CCN(CC)C(=O)CN(C)c1cccc(C#N)c1. The number of anilines is 1. The van der Waals surface area contributed by atoms with Crippen LogP contribution in [0.5, 0.6) is 0 Å². The molecule has 1 amide bonds. The molecular formula is C14H19N3O. The van der Waals surface area contributed by atoms with Gasteiger partial charge in [0.1, 0.15) is 0 Å². The minimum absolute atomic E-state index is 0.102. The Morgan fingerprint density at radius 3 is 2.56 bits per heavy atom. The lowest BCUT2D eigenvalue weighted by molar-refractivity contribution is -0.129. The molecule has 0 bridgehead atoms. The number of likely N-dealkylation sites (N-methyl/N-ethyl adjacent to an activating group) is 2. The van der Waals surface area contributed by atoms with Crippen LogP contribution in [0.25, 0.3) is 0 Å². The number of hydrogen-bond donors (Lipinski definition) is 0. The lowest BCUT2D eigenvalue weighted by Crippen LogP contribution is -2.38. The van der Waals surface area contributed by atoms with E-state index in [2.05, 4.69) is 6.07 Å². The van der Waals surface area contributed by atoms with Crippen LogP contribution in [0.3, 0.4) is 0 Å². The Bertz CT molecular complexity index is 447. The van der Waals surface area contributed by atoms with Crippen LogP contribution in [0.2, 0.25) is 0 Å². The molecule has 0 saturated heterocycles. The molecule has 1 aromatic carbocycles. The molecule has 4 nitrogen and oxygen atoms in total. The Hall–Kier alpha value is -2.02. The molecule has 4 heteroatoms. The van der Waals surface area contributed by atoms with Crippen molar-refractivity contribution in [1.29, 1.82) is 5.26 Å². The van der Waals surface area contributed by atoms with Gasteiger partial charge in [-0.1, -0.05) is 6.07 Å². The van der Waals surface area contributed by atoms with E-state index in [1.54, 1.807) is 17.0 Å². The molecule has 0 aliphatic carbocycles. The molecule has 96 valence electrons. The largest absolute Gasteiger partial charge is 0.365 e. The van der Waals surface area contributed by atoms with E-state index < -0.39 is 0 Å². The average Bonchev–Trinajstić information content (AvgIpc) is 2.40. The van der Waals surface area contributed by atoms with Crippen molar-refractivity contribution in [3.63, 3.8) is 0 Å². The molecule has 0 heterocycles. The first kappa shape index (κ1) is 14.0. The van der Waals surface area contributed by atoms with Gasteiger partial charge >= 0.3 is 0 Å². The maximum Gasteiger partial charge on any atom is 0.242 e. The van der Waals surface area contributed by atoms with Crippen LogP contribution >= 0.6 is 0 Å². The van der Waals surface area contributed by atoms with E-state index in [-0.39, 0.29) is 5.91 Å². The topological polar surface area (TPSA) is 47.3 Å². The predicted octanol–water partition coefficient (Wildman–Crippen LogP) is 1.86. The third kappa shape index (κ3) is 3.49. The van der Waals surface area contributed by atoms with Crippen LogP contribution < -0.4 is 4.90 Å². The normalized spacial score (nSPS) is 9.67. The lowest BCUT2D eigenvalue weighted by Gasteiger charge is -2.24. The molecule has 0 saturated carbocycles. The minimum Gasteiger partial charge on any atom is -0.365 e. The number of nitriles is 1. The maximum absolute atomic E-state index is 12.0. The molecule has 0 spiro atoms. The molecule has 0 fully saturated rings. The minimum atomic E-state index is 0.102. The summed E-state index contributed by atoms with van der Waals surface area (Å²) in [5, 5.41) is 8.85.